The zero-order valence-electron chi connectivity index (χ0n) is 12.8. The van der Waals surface area contributed by atoms with Crippen LogP contribution in [0.5, 0.6) is 0 Å². The topological polar surface area (TPSA) is 85.8 Å². The Balaban J connectivity index is 1.85. The first kappa shape index (κ1) is 15.0. The number of aryl methyl sites for hydroxylation is 3. The summed E-state index contributed by atoms with van der Waals surface area (Å²) in [6, 6.07) is 6.82. The summed E-state index contributed by atoms with van der Waals surface area (Å²) in [5.41, 5.74) is 0.756. The van der Waals surface area contributed by atoms with E-state index >= 15 is 0 Å². The SMILES string of the molecule is Cc1nc(CCCn2ccnc2)n(-c2ccccc2C(=O)O)n1. The molecule has 0 aliphatic rings. The molecule has 7 nitrogen and oxygen atoms in total. The number of hydrogen-bond donors (Lipinski definition) is 1. The van der Waals surface area contributed by atoms with Crippen molar-refractivity contribution >= 4 is 5.97 Å². The van der Waals surface area contributed by atoms with Crippen LogP contribution in [0.4, 0.5) is 0 Å². The molecule has 0 bridgehead atoms. The summed E-state index contributed by atoms with van der Waals surface area (Å²) in [7, 11) is 0. The standard InChI is InChI=1S/C16H17N5O2/c1-12-18-15(7-4-9-20-10-8-17-11-20)21(19-12)14-6-3-2-5-13(14)16(22)23/h2-3,5-6,8,10-11H,4,7,9H2,1H3,(H,22,23). The van der Waals surface area contributed by atoms with E-state index < -0.39 is 5.97 Å². The first-order chi connectivity index (χ1) is 11.1. The quantitative estimate of drug-likeness (QED) is 0.753. The van der Waals surface area contributed by atoms with Gasteiger partial charge >= 0.3 is 5.97 Å². The molecule has 1 aromatic carbocycles. The lowest BCUT2D eigenvalue weighted by Gasteiger charge is -2.09. The molecule has 118 valence electrons. The van der Waals surface area contributed by atoms with Crippen molar-refractivity contribution in [3.63, 3.8) is 0 Å². The van der Waals surface area contributed by atoms with Crippen molar-refractivity contribution < 1.29 is 9.90 Å². The molecule has 0 spiro atoms. The highest BCUT2D eigenvalue weighted by molar-refractivity contribution is 5.91. The van der Waals surface area contributed by atoms with Crippen molar-refractivity contribution in [2.75, 3.05) is 0 Å². The van der Waals surface area contributed by atoms with Gasteiger partial charge in [-0.15, -0.1) is 0 Å². The highest BCUT2D eigenvalue weighted by Crippen LogP contribution is 2.17. The molecular weight excluding hydrogens is 294 g/mol. The van der Waals surface area contributed by atoms with E-state index in [0.29, 0.717) is 17.9 Å². The number of carbonyl (C=O) groups is 1. The second-order valence-corrected chi connectivity index (χ2v) is 5.21. The molecule has 0 saturated heterocycles. The second kappa shape index (κ2) is 6.43. The van der Waals surface area contributed by atoms with E-state index in [9.17, 15) is 9.90 Å². The first-order valence-electron chi connectivity index (χ1n) is 7.36. The summed E-state index contributed by atoms with van der Waals surface area (Å²) in [6.45, 7) is 2.63. The molecule has 0 aliphatic heterocycles. The highest BCUT2D eigenvalue weighted by atomic mass is 16.4. The maximum Gasteiger partial charge on any atom is 0.337 e. The van der Waals surface area contributed by atoms with Crippen molar-refractivity contribution in [3.05, 3.63) is 60.2 Å². The number of carboxylic acids is 1. The lowest BCUT2D eigenvalue weighted by Crippen LogP contribution is -2.10. The molecule has 0 unspecified atom stereocenters. The van der Waals surface area contributed by atoms with E-state index in [1.807, 2.05) is 10.8 Å². The summed E-state index contributed by atoms with van der Waals surface area (Å²) in [4.78, 5) is 19.9. The van der Waals surface area contributed by atoms with Crippen LogP contribution in [0.15, 0.2) is 43.0 Å². The fourth-order valence-electron chi connectivity index (χ4n) is 2.49. The Morgan fingerprint density at radius 2 is 2.13 bits per heavy atom. The number of aromatic carboxylic acids is 1. The molecule has 2 heterocycles. The molecule has 3 rings (SSSR count). The van der Waals surface area contributed by atoms with Gasteiger partial charge in [-0.25, -0.2) is 19.4 Å². The van der Waals surface area contributed by atoms with Crippen LogP contribution in [-0.4, -0.2) is 35.4 Å². The number of hydrogen-bond acceptors (Lipinski definition) is 4. The summed E-state index contributed by atoms with van der Waals surface area (Å²) >= 11 is 0. The molecule has 0 atom stereocenters. The van der Waals surface area contributed by atoms with Crippen molar-refractivity contribution in [2.24, 2.45) is 0 Å². The normalized spacial score (nSPS) is 10.8. The molecule has 1 N–H and O–H groups in total. The van der Waals surface area contributed by atoms with Crippen LogP contribution in [0, 0.1) is 6.92 Å². The Labute approximate surface area is 133 Å². The van der Waals surface area contributed by atoms with E-state index in [4.69, 9.17) is 0 Å². The number of imidazole rings is 1. The Kier molecular flexibility index (Phi) is 4.18. The summed E-state index contributed by atoms with van der Waals surface area (Å²) < 4.78 is 3.63. The average Bonchev–Trinajstić information content (AvgIpc) is 3.17. The predicted octanol–water partition coefficient (Wildman–Crippen LogP) is 2.10. The number of benzene rings is 1. The van der Waals surface area contributed by atoms with Crippen LogP contribution < -0.4 is 0 Å². The Morgan fingerprint density at radius 3 is 2.87 bits per heavy atom. The van der Waals surface area contributed by atoms with Gasteiger partial charge in [0.15, 0.2) is 0 Å². The average molecular weight is 311 g/mol. The molecule has 0 amide bonds. The van der Waals surface area contributed by atoms with Crippen LogP contribution >= 0.6 is 0 Å². The van der Waals surface area contributed by atoms with E-state index in [1.54, 1.807) is 48.4 Å². The Hall–Kier alpha value is -2.96. The third-order valence-corrected chi connectivity index (χ3v) is 3.52. The molecule has 0 fully saturated rings. The number of aromatic nitrogens is 5. The smallest absolute Gasteiger partial charge is 0.337 e. The third-order valence-electron chi connectivity index (χ3n) is 3.52. The number of carboxylic acid groups (broad SMARTS) is 1. The van der Waals surface area contributed by atoms with Gasteiger partial charge in [-0.05, 0) is 25.5 Å². The molecule has 2 aromatic heterocycles. The van der Waals surface area contributed by atoms with E-state index in [2.05, 4.69) is 15.1 Å². The van der Waals surface area contributed by atoms with Crippen molar-refractivity contribution in [2.45, 2.75) is 26.3 Å². The van der Waals surface area contributed by atoms with E-state index in [-0.39, 0.29) is 5.56 Å². The summed E-state index contributed by atoms with van der Waals surface area (Å²) in [5, 5.41) is 13.7. The lowest BCUT2D eigenvalue weighted by atomic mass is 10.1. The maximum atomic E-state index is 11.4. The van der Waals surface area contributed by atoms with Crippen LogP contribution in [0.3, 0.4) is 0 Å². The zero-order valence-corrected chi connectivity index (χ0v) is 12.8. The second-order valence-electron chi connectivity index (χ2n) is 5.21. The van der Waals surface area contributed by atoms with Gasteiger partial charge in [-0.1, -0.05) is 12.1 Å². The highest BCUT2D eigenvalue weighted by Gasteiger charge is 2.16. The zero-order chi connectivity index (χ0) is 16.2. The lowest BCUT2D eigenvalue weighted by molar-refractivity contribution is 0.0696. The summed E-state index contributed by atoms with van der Waals surface area (Å²) in [5.74, 6) is 0.414. The van der Waals surface area contributed by atoms with Crippen LogP contribution in [-0.2, 0) is 13.0 Å². The predicted molar refractivity (Wildman–Crippen MR) is 83.6 cm³/mol. The van der Waals surface area contributed by atoms with Crippen LogP contribution in [0.25, 0.3) is 5.69 Å². The van der Waals surface area contributed by atoms with Gasteiger partial charge < -0.3 is 9.67 Å². The van der Waals surface area contributed by atoms with Crippen LogP contribution in [0.2, 0.25) is 0 Å². The fourth-order valence-corrected chi connectivity index (χ4v) is 2.49. The van der Waals surface area contributed by atoms with Gasteiger partial charge in [0.2, 0.25) is 0 Å². The monoisotopic (exact) mass is 311 g/mol. The molecule has 3 aromatic rings. The van der Waals surface area contributed by atoms with Crippen molar-refractivity contribution in [3.8, 4) is 5.69 Å². The summed E-state index contributed by atoms with van der Waals surface area (Å²) in [6.07, 6.45) is 7.00. The molecular formula is C16H17N5O2. The Bertz CT molecular complexity index is 808. The molecule has 0 radical (unpaired) electrons. The van der Waals surface area contributed by atoms with Crippen molar-refractivity contribution in [1.82, 2.24) is 24.3 Å². The van der Waals surface area contributed by atoms with Gasteiger partial charge in [-0.2, -0.15) is 5.10 Å². The molecule has 0 saturated carbocycles. The molecule has 0 aliphatic carbocycles. The minimum atomic E-state index is -0.974. The maximum absolute atomic E-state index is 11.4. The minimum Gasteiger partial charge on any atom is -0.478 e. The van der Waals surface area contributed by atoms with E-state index in [0.717, 1.165) is 18.8 Å². The third kappa shape index (κ3) is 3.28. The van der Waals surface area contributed by atoms with Gasteiger partial charge in [-0.3, -0.25) is 0 Å². The van der Waals surface area contributed by atoms with E-state index in [1.165, 1.54) is 0 Å². The molecule has 7 heteroatoms. The van der Waals surface area contributed by atoms with Crippen molar-refractivity contribution in [1.29, 1.82) is 0 Å². The first-order valence-corrected chi connectivity index (χ1v) is 7.36. The van der Waals surface area contributed by atoms with Gasteiger partial charge in [0, 0.05) is 25.4 Å². The Morgan fingerprint density at radius 1 is 1.30 bits per heavy atom. The van der Waals surface area contributed by atoms with Gasteiger partial charge in [0.1, 0.15) is 11.6 Å². The largest absolute Gasteiger partial charge is 0.478 e. The van der Waals surface area contributed by atoms with Crippen LogP contribution in [0.1, 0.15) is 28.4 Å². The number of rotatable bonds is 6. The number of para-hydroxylation sites is 1. The minimum absolute atomic E-state index is 0.216. The van der Waals surface area contributed by atoms with Gasteiger partial charge in [0.05, 0.1) is 17.6 Å². The number of nitrogens with zero attached hydrogens (tertiary/aromatic N) is 5. The molecule has 23 heavy (non-hydrogen) atoms. The van der Waals surface area contributed by atoms with Gasteiger partial charge in [0.25, 0.3) is 0 Å². The fraction of sp³-hybridized carbons (Fsp3) is 0.250.